The zero-order valence-electron chi connectivity index (χ0n) is 19.7. The highest BCUT2D eigenvalue weighted by Crippen LogP contribution is 2.38. The standard InChI is InChI=1S/C29H40O2/c1-4-6-22-8-10-24(11-9-22)25-12-14-26(15-13-25)27-16-18-28(19-17-27)29(3)30-20-23(7-5-2)21-31-29/h12-19,22-24H,4-11,20-21H2,1-3H3. The molecule has 1 saturated carbocycles. The fourth-order valence-corrected chi connectivity index (χ4v) is 5.49. The van der Waals surface area contributed by atoms with Crippen LogP contribution in [0.3, 0.4) is 0 Å². The van der Waals surface area contributed by atoms with Crippen molar-refractivity contribution in [2.75, 3.05) is 13.2 Å². The molecule has 2 nitrogen and oxygen atoms in total. The molecular formula is C29H40O2. The predicted molar refractivity (Wildman–Crippen MR) is 129 cm³/mol. The molecule has 2 fully saturated rings. The van der Waals surface area contributed by atoms with Crippen LogP contribution in [0.1, 0.15) is 89.2 Å². The van der Waals surface area contributed by atoms with Gasteiger partial charge >= 0.3 is 0 Å². The van der Waals surface area contributed by atoms with Crippen LogP contribution in [-0.4, -0.2) is 13.2 Å². The molecule has 0 radical (unpaired) electrons. The molecule has 1 saturated heterocycles. The van der Waals surface area contributed by atoms with Crippen molar-refractivity contribution < 1.29 is 9.47 Å². The van der Waals surface area contributed by atoms with Crippen molar-refractivity contribution in [3.63, 3.8) is 0 Å². The summed E-state index contributed by atoms with van der Waals surface area (Å²) in [6.45, 7) is 8.16. The maximum absolute atomic E-state index is 6.15. The molecule has 2 heteroatoms. The molecule has 0 aromatic heterocycles. The first-order valence-corrected chi connectivity index (χ1v) is 12.6. The minimum Gasteiger partial charge on any atom is -0.346 e. The second-order valence-electron chi connectivity index (χ2n) is 9.93. The average molecular weight is 421 g/mol. The molecule has 2 aliphatic rings. The van der Waals surface area contributed by atoms with Crippen molar-refractivity contribution in [1.82, 2.24) is 0 Å². The molecule has 4 rings (SSSR count). The summed E-state index contributed by atoms with van der Waals surface area (Å²) in [7, 11) is 0. The molecular weight excluding hydrogens is 380 g/mol. The Kier molecular flexibility index (Phi) is 7.51. The van der Waals surface area contributed by atoms with Crippen molar-refractivity contribution in [3.05, 3.63) is 59.7 Å². The second kappa shape index (κ2) is 10.3. The fraction of sp³-hybridized carbons (Fsp3) is 0.586. The van der Waals surface area contributed by atoms with Gasteiger partial charge < -0.3 is 9.47 Å². The van der Waals surface area contributed by atoms with Crippen molar-refractivity contribution in [2.45, 2.75) is 83.8 Å². The van der Waals surface area contributed by atoms with E-state index in [1.165, 1.54) is 68.1 Å². The van der Waals surface area contributed by atoms with Gasteiger partial charge in [0, 0.05) is 11.5 Å². The summed E-state index contributed by atoms with van der Waals surface area (Å²) in [6, 6.07) is 18.1. The van der Waals surface area contributed by atoms with Crippen LogP contribution in [0.15, 0.2) is 48.5 Å². The maximum atomic E-state index is 6.15. The van der Waals surface area contributed by atoms with Gasteiger partial charge in [0.25, 0.3) is 0 Å². The van der Waals surface area contributed by atoms with E-state index in [1.807, 2.05) is 6.92 Å². The lowest BCUT2D eigenvalue weighted by molar-refractivity contribution is -0.282. The number of ether oxygens (including phenoxy) is 2. The summed E-state index contributed by atoms with van der Waals surface area (Å²) >= 11 is 0. The normalized spacial score (nSPS) is 29.1. The Morgan fingerprint density at radius 2 is 1.23 bits per heavy atom. The molecule has 0 N–H and O–H groups in total. The van der Waals surface area contributed by atoms with Crippen LogP contribution in [0, 0.1) is 11.8 Å². The van der Waals surface area contributed by atoms with Gasteiger partial charge in [-0.25, -0.2) is 0 Å². The Morgan fingerprint density at radius 3 is 1.77 bits per heavy atom. The van der Waals surface area contributed by atoms with Crippen LogP contribution in [0.5, 0.6) is 0 Å². The third kappa shape index (κ3) is 5.41. The first kappa shape index (κ1) is 22.6. The minimum atomic E-state index is -0.622. The molecule has 1 aliphatic heterocycles. The van der Waals surface area contributed by atoms with E-state index in [4.69, 9.17) is 9.47 Å². The van der Waals surface area contributed by atoms with E-state index in [-0.39, 0.29) is 0 Å². The van der Waals surface area contributed by atoms with Crippen LogP contribution < -0.4 is 0 Å². The average Bonchev–Trinajstić information content (AvgIpc) is 2.82. The number of hydrogen-bond donors (Lipinski definition) is 0. The van der Waals surface area contributed by atoms with Gasteiger partial charge in [-0.1, -0.05) is 81.6 Å². The minimum absolute atomic E-state index is 0.526. The van der Waals surface area contributed by atoms with Crippen LogP contribution in [-0.2, 0) is 15.3 Å². The molecule has 0 bridgehead atoms. The Balaban J connectivity index is 1.37. The molecule has 2 aromatic rings. The monoisotopic (exact) mass is 420 g/mol. The van der Waals surface area contributed by atoms with E-state index < -0.39 is 5.79 Å². The van der Waals surface area contributed by atoms with E-state index in [2.05, 4.69) is 62.4 Å². The largest absolute Gasteiger partial charge is 0.346 e. The topological polar surface area (TPSA) is 18.5 Å². The van der Waals surface area contributed by atoms with Gasteiger partial charge in [0.05, 0.1) is 13.2 Å². The van der Waals surface area contributed by atoms with Gasteiger partial charge in [0.15, 0.2) is 5.79 Å². The van der Waals surface area contributed by atoms with Crippen LogP contribution in [0.4, 0.5) is 0 Å². The second-order valence-corrected chi connectivity index (χ2v) is 9.93. The molecule has 1 heterocycles. The van der Waals surface area contributed by atoms with Gasteiger partial charge in [-0.15, -0.1) is 0 Å². The SMILES string of the molecule is CCCC1CCC(c2ccc(-c3ccc(C4(C)OCC(CCC)CO4)cc3)cc2)CC1. The first-order valence-electron chi connectivity index (χ1n) is 12.6. The maximum Gasteiger partial charge on any atom is 0.191 e. The Hall–Kier alpha value is -1.64. The summed E-state index contributed by atoms with van der Waals surface area (Å²) in [4.78, 5) is 0. The molecule has 0 amide bonds. The zero-order chi connectivity index (χ0) is 21.7. The molecule has 31 heavy (non-hydrogen) atoms. The lowest BCUT2D eigenvalue weighted by Crippen LogP contribution is -2.39. The zero-order valence-corrected chi connectivity index (χ0v) is 19.7. The van der Waals surface area contributed by atoms with Crippen molar-refractivity contribution in [2.24, 2.45) is 11.8 Å². The van der Waals surface area contributed by atoms with Crippen molar-refractivity contribution in [1.29, 1.82) is 0 Å². The van der Waals surface area contributed by atoms with E-state index >= 15 is 0 Å². The van der Waals surface area contributed by atoms with E-state index in [0.717, 1.165) is 30.6 Å². The third-order valence-corrected chi connectivity index (χ3v) is 7.55. The molecule has 0 atom stereocenters. The van der Waals surface area contributed by atoms with Crippen LogP contribution in [0.25, 0.3) is 11.1 Å². The molecule has 1 aliphatic carbocycles. The lowest BCUT2D eigenvalue weighted by Gasteiger charge is -2.38. The first-order chi connectivity index (χ1) is 15.1. The van der Waals surface area contributed by atoms with Gasteiger partial charge in [-0.3, -0.25) is 0 Å². The summed E-state index contributed by atoms with van der Waals surface area (Å²) in [5.41, 5.74) is 5.17. The van der Waals surface area contributed by atoms with Crippen LogP contribution in [0.2, 0.25) is 0 Å². The predicted octanol–water partition coefficient (Wildman–Crippen LogP) is 8.06. The lowest BCUT2D eigenvalue weighted by atomic mass is 9.77. The Bertz CT molecular complexity index is 792. The molecule has 0 spiro atoms. The third-order valence-electron chi connectivity index (χ3n) is 7.55. The Labute approximate surface area is 189 Å². The smallest absolute Gasteiger partial charge is 0.191 e. The summed E-state index contributed by atoms with van der Waals surface area (Å²) in [6.07, 6.45) is 10.6. The highest BCUT2D eigenvalue weighted by Gasteiger charge is 2.34. The van der Waals surface area contributed by atoms with E-state index in [0.29, 0.717) is 5.92 Å². The van der Waals surface area contributed by atoms with E-state index in [1.54, 1.807) is 0 Å². The van der Waals surface area contributed by atoms with Crippen molar-refractivity contribution >= 4 is 0 Å². The van der Waals surface area contributed by atoms with Gasteiger partial charge in [0.1, 0.15) is 0 Å². The highest BCUT2D eigenvalue weighted by atomic mass is 16.7. The quantitative estimate of drug-likeness (QED) is 0.451. The van der Waals surface area contributed by atoms with Crippen molar-refractivity contribution in [3.8, 4) is 11.1 Å². The number of benzene rings is 2. The highest BCUT2D eigenvalue weighted by molar-refractivity contribution is 5.64. The van der Waals surface area contributed by atoms with E-state index in [9.17, 15) is 0 Å². The summed E-state index contributed by atoms with van der Waals surface area (Å²) in [5, 5.41) is 0. The summed E-state index contributed by atoms with van der Waals surface area (Å²) in [5.74, 6) is 1.62. The molecule has 2 aromatic carbocycles. The van der Waals surface area contributed by atoms with Crippen LogP contribution >= 0.6 is 0 Å². The number of rotatable bonds is 7. The van der Waals surface area contributed by atoms with Gasteiger partial charge in [-0.05, 0) is 67.6 Å². The number of hydrogen-bond acceptors (Lipinski definition) is 2. The Morgan fingerprint density at radius 1 is 0.710 bits per heavy atom. The summed E-state index contributed by atoms with van der Waals surface area (Å²) < 4.78 is 12.3. The van der Waals surface area contributed by atoms with Gasteiger partial charge in [0.2, 0.25) is 0 Å². The molecule has 0 unspecified atom stereocenters. The fourth-order valence-electron chi connectivity index (χ4n) is 5.49. The van der Waals surface area contributed by atoms with Gasteiger partial charge in [-0.2, -0.15) is 0 Å². The molecule has 168 valence electrons.